The number of carbonyl (C=O) groups is 1. The van der Waals surface area contributed by atoms with Gasteiger partial charge in [0.05, 0.1) is 0 Å². The third kappa shape index (κ3) is 3.34. The molecule has 1 unspecified atom stereocenters. The highest BCUT2D eigenvalue weighted by Gasteiger charge is 2.39. The number of rotatable bonds is 7. The third-order valence-electron chi connectivity index (χ3n) is 2.01. The summed E-state index contributed by atoms with van der Waals surface area (Å²) in [5, 5.41) is 0. The van der Waals surface area contributed by atoms with Gasteiger partial charge in [0.15, 0.2) is 5.78 Å². The maximum absolute atomic E-state index is 11.2. The lowest BCUT2D eigenvalue weighted by Crippen LogP contribution is -2.47. The summed E-state index contributed by atoms with van der Waals surface area (Å²) in [6.45, 7) is 6.97. The van der Waals surface area contributed by atoms with Crippen LogP contribution in [0.1, 0.15) is 13.8 Å². The van der Waals surface area contributed by atoms with Crippen LogP contribution in [-0.4, -0.2) is 34.9 Å². The maximum atomic E-state index is 11.2. The third-order valence-corrected chi connectivity index (χ3v) is 4.84. The molecular formula is C9H18O4Si. The predicted molar refractivity (Wildman–Crippen MR) is 56.0 cm³/mol. The summed E-state index contributed by atoms with van der Waals surface area (Å²) in [5.41, 5.74) is 0. The minimum absolute atomic E-state index is 0.163. The van der Waals surface area contributed by atoms with Gasteiger partial charge in [0, 0.05) is 20.3 Å². The lowest BCUT2D eigenvalue weighted by atomic mass is 10.3. The lowest BCUT2D eigenvalue weighted by Gasteiger charge is -2.27. The molecule has 0 aliphatic rings. The first kappa shape index (κ1) is 13.5. The molecule has 0 aliphatic carbocycles. The van der Waals surface area contributed by atoms with E-state index in [4.69, 9.17) is 13.3 Å². The fourth-order valence-corrected chi connectivity index (χ4v) is 2.80. The number of ketones is 1. The van der Waals surface area contributed by atoms with Crippen molar-refractivity contribution >= 4 is 14.6 Å². The molecule has 0 saturated carbocycles. The van der Waals surface area contributed by atoms with E-state index in [-0.39, 0.29) is 5.78 Å². The molecule has 0 heterocycles. The van der Waals surface area contributed by atoms with E-state index in [1.165, 1.54) is 20.3 Å². The van der Waals surface area contributed by atoms with Crippen molar-refractivity contribution in [2.45, 2.75) is 26.0 Å². The van der Waals surface area contributed by atoms with E-state index in [1.54, 1.807) is 6.92 Å². The Morgan fingerprint density at radius 1 is 1.50 bits per heavy atom. The fraction of sp³-hybridized carbons (Fsp3) is 0.667. The van der Waals surface area contributed by atoms with E-state index in [9.17, 15) is 4.79 Å². The van der Waals surface area contributed by atoms with Gasteiger partial charge in [-0.15, -0.1) is 0 Å². The number of hydrogen-bond donors (Lipinski definition) is 0. The first-order valence-electron chi connectivity index (χ1n) is 4.49. The zero-order valence-corrected chi connectivity index (χ0v) is 10.2. The van der Waals surface area contributed by atoms with Crippen LogP contribution in [0.2, 0.25) is 6.04 Å². The molecule has 0 N–H and O–H groups in total. The van der Waals surface area contributed by atoms with Crippen molar-refractivity contribution in [1.29, 1.82) is 0 Å². The molecule has 0 saturated heterocycles. The van der Waals surface area contributed by atoms with Gasteiger partial charge in [-0.25, -0.2) is 0 Å². The Morgan fingerprint density at radius 2 is 2.00 bits per heavy atom. The summed E-state index contributed by atoms with van der Waals surface area (Å²) in [4.78, 5) is 11.2. The van der Waals surface area contributed by atoms with Gasteiger partial charge < -0.3 is 13.3 Å². The van der Waals surface area contributed by atoms with Crippen molar-refractivity contribution in [3.05, 3.63) is 12.7 Å². The van der Waals surface area contributed by atoms with Crippen LogP contribution in [0.25, 0.3) is 0 Å². The van der Waals surface area contributed by atoms with Gasteiger partial charge in [0.25, 0.3) is 0 Å². The first-order valence-corrected chi connectivity index (χ1v) is 6.42. The summed E-state index contributed by atoms with van der Waals surface area (Å²) in [6, 6.07) is 0.634. The van der Waals surface area contributed by atoms with Crippen LogP contribution in [0.5, 0.6) is 0 Å². The average molecular weight is 218 g/mol. The van der Waals surface area contributed by atoms with Gasteiger partial charge in [-0.2, -0.15) is 0 Å². The van der Waals surface area contributed by atoms with Crippen molar-refractivity contribution in [3.63, 3.8) is 0 Å². The molecule has 0 radical (unpaired) electrons. The quantitative estimate of drug-likeness (QED) is 0.478. The fourth-order valence-electron chi connectivity index (χ4n) is 1.04. The van der Waals surface area contributed by atoms with Crippen LogP contribution in [0, 0.1) is 0 Å². The molecule has 0 spiro atoms. The second-order valence-corrected chi connectivity index (χ2v) is 5.94. The topological polar surface area (TPSA) is 44.8 Å². The Hall–Kier alpha value is -0.493. The van der Waals surface area contributed by atoms with Gasteiger partial charge in [-0.1, -0.05) is 13.5 Å². The van der Waals surface area contributed by atoms with Crippen molar-refractivity contribution in [1.82, 2.24) is 0 Å². The van der Waals surface area contributed by atoms with E-state index in [1.807, 2.05) is 6.92 Å². The molecule has 0 aromatic carbocycles. The van der Waals surface area contributed by atoms with Gasteiger partial charge >= 0.3 is 8.80 Å². The van der Waals surface area contributed by atoms with E-state index in [0.29, 0.717) is 6.04 Å². The molecule has 0 rings (SSSR count). The summed E-state index contributed by atoms with van der Waals surface area (Å²) in [7, 11) is 0.436. The standard InChI is InChI=1S/C9H18O4Si/c1-6-9(10)8(3)13-14(7-2,11-4)12-5/h6,8H,1,7H2,2-5H3. The Balaban J connectivity index is 4.43. The smallest absolute Gasteiger partial charge is 0.377 e. The normalized spacial score (nSPS) is 13.7. The molecule has 1 atom stereocenters. The summed E-state index contributed by atoms with van der Waals surface area (Å²) in [5.74, 6) is -0.163. The minimum Gasteiger partial charge on any atom is -0.377 e. The van der Waals surface area contributed by atoms with Crippen LogP contribution in [0.3, 0.4) is 0 Å². The highest BCUT2D eigenvalue weighted by Crippen LogP contribution is 2.15. The monoisotopic (exact) mass is 218 g/mol. The van der Waals surface area contributed by atoms with Crippen molar-refractivity contribution in [3.8, 4) is 0 Å². The minimum atomic E-state index is -2.63. The zero-order chi connectivity index (χ0) is 11.2. The molecule has 0 bridgehead atoms. The molecule has 0 aromatic rings. The molecule has 5 heteroatoms. The molecule has 0 fully saturated rings. The second-order valence-electron chi connectivity index (χ2n) is 2.81. The van der Waals surface area contributed by atoms with Gasteiger partial charge in [0.2, 0.25) is 0 Å². The highest BCUT2D eigenvalue weighted by molar-refractivity contribution is 6.60. The van der Waals surface area contributed by atoms with E-state index >= 15 is 0 Å². The summed E-state index contributed by atoms with van der Waals surface area (Å²) in [6.07, 6.45) is 0.684. The summed E-state index contributed by atoms with van der Waals surface area (Å²) < 4.78 is 15.9. The van der Waals surface area contributed by atoms with Crippen LogP contribution < -0.4 is 0 Å². The van der Waals surface area contributed by atoms with Crippen molar-refractivity contribution < 1.29 is 18.1 Å². The molecule has 4 nitrogen and oxygen atoms in total. The van der Waals surface area contributed by atoms with E-state index in [2.05, 4.69) is 6.58 Å². The number of carbonyl (C=O) groups excluding carboxylic acids is 1. The maximum Gasteiger partial charge on any atom is 0.500 e. The van der Waals surface area contributed by atoms with Crippen LogP contribution >= 0.6 is 0 Å². The average Bonchev–Trinajstić information content (AvgIpc) is 2.24. The summed E-state index contributed by atoms with van der Waals surface area (Å²) >= 11 is 0. The van der Waals surface area contributed by atoms with Crippen LogP contribution in [0.4, 0.5) is 0 Å². The Kier molecular flexibility index (Phi) is 5.86. The van der Waals surface area contributed by atoms with Gasteiger partial charge in [-0.3, -0.25) is 4.79 Å². The van der Waals surface area contributed by atoms with Crippen molar-refractivity contribution in [2.75, 3.05) is 14.2 Å². The van der Waals surface area contributed by atoms with Gasteiger partial charge in [0.1, 0.15) is 6.10 Å². The molecule has 0 aromatic heterocycles. The largest absolute Gasteiger partial charge is 0.500 e. The Bertz CT molecular complexity index is 193. The van der Waals surface area contributed by atoms with Crippen LogP contribution in [0.15, 0.2) is 12.7 Å². The molecule has 0 amide bonds. The predicted octanol–water partition coefficient (Wildman–Crippen LogP) is 1.40. The van der Waals surface area contributed by atoms with Crippen LogP contribution in [-0.2, 0) is 18.1 Å². The first-order chi connectivity index (χ1) is 6.55. The van der Waals surface area contributed by atoms with E-state index < -0.39 is 14.9 Å². The molecule has 0 aliphatic heterocycles. The molecule has 82 valence electrons. The zero-order valence-electron chi connectivity index (χ0n) is 9.20. The SMILES string of the molecule is C=CC(=O)C(C)O[Si](CC)(OC)OC. The number of hydrogen-bond acceptors (Lipinski definition) is 4. The van der Waals surface area contributed by atoms with E-state index in [0.717, 1.165) is 0 Å². The lowest BCUT2D eigenvalue weighted by molar-refractivity contribution is -0.122. The molecular weight excluding hydrogens is 200 g/mol. The second kappa shape index (κ2) is 6.08. The van der Waals surface area contributed by atoms with Crippen molar-refractivity contribution in [2.24, 2.45) is 0 Å². The molecule has 14 heavy (non-hydrogen) atoms. The Morgan fingerprint density at radius 3 is 2.29 bits per heavy atom. The highest BCUT2D eigenvalue weighted by atomic mass is 28.4. The van der Waals surface area contributed by atoms with Gasteiger partial charge in [-0.05, 0) is 13.0 Å². The Labute approximate surface area is 86.2 Å².